The van der Waals surface area contributed by atoms with Crippen molar-refractivity contribution < 1.29 is 37.3 Å². The van der Waals surface area contributed by atoms with E-state index in [0.717, 1.165) is 0 Å². The van der Waals surface area contributed by atoms with Gasteiger partial charge in [-0.05, 0) is 73.7 Å². The van der Waals surface area contributed by atoms with Gasteiger partial charge in [0.2, 0.25) is 0 Å². The van der Waals surface area contributed by atoms with Crippen molar-refractivity contribution in [2.24, 2.45) is 10.2 Å². The molecular formula is C38H43BrF2N8O6S2. The third kappa shape index (κ3) is 12.9. The van der Waals surface area contributed by atoms with Gasteiger partial charge in [-0.1, -0.05) is 27.8 Å². The first-order valence-electron chi connectivity index (χ1n) is 17.7. The Hall–Kier alpha value is -5.24. The number of hydrogen-bond acceptors (Lipinski definition) is 14. The topological polar surface area (TPSA) is 124 Å². The van der Waals surface area contributed by atoms with Crippen LogP contribution in [-0.4, -0.2) is 118 Å². The highest BCUT2D eigenvalue weighted by molar-refractivity contribution is 9.09. The first-order valence-corrected chi connectivity index (χ1v) is 19.7. The lowest BCUT2D eigenvalue weighted by atomic mass is 10.2. The van der Waals surface area contributed by atoms with E-state index in [1.54, 1.807) is 51.8 Å². The van der Waals surface area contributed by atoms with Crippen molar-refractivity contribution in [2.75, 3.05) is 85.0 Å². The summed E-state index contributed by atoms with van der Waals surface area (Å²) < 4.78 is 49.7. The fourth-order valence-electron chi connectivity index (χ4n) is 5.79. The molecule has 0 aliphatic carbocycles. The number of ether oxygens (including phenoxy) is 4. The Balaban J connectivity index is 0.000000232. The van der Waals surface area contributed by atoms with Crippen molar-refractivity contribution in [3.63, 3.8) is 0 Å². The van der Waals surface area contributed by atoms with Crippen LogP contribution in [0.4, 0.5) is 41.1 Å². The second-order valence-corrected chi connectivity index (χ2v) is 13.9. The van der Waals surface area contributed by atoms with Gasteiger partial charge in [0, 0.05) is 25.9 Å². The van der Waals surface area contributed by atoms with Crippen LogP contribution in [0.1, 0.15) is 25.7 Å². The average molecular weight is 890 g/mol. The van der Waals surface area contributed by atoms with Crippen LogP contribution in [0.25, 0.3) is 0 Å². The molecule has 19 heteroatoms. The molecular weight excluding hydrogens is 847 g/mol. The smallest absolute Gasteiger partial charge is 0.414 e. The van der Waals surface area contributed by atoms with Crippen LogP contribution in [0.5, 0.6) is 0 Å². The maximum absolute atomic E-state index is 14.7. The van der Waals surface area contributed by atoms with E-state index < -0.39 is 23.8 Å². The fourth-order valence-corrected chi connectivity index (χ4v) is 6.02. The molecule has 4 heterocycles. The Bertz CT molecular complexity index is 1900. The maximum atomic E-state index is 14.7. The summed E-state index contributed by atoms with van der Waals surface area (Å²) in [5, 5.41) is 11.5. The highest BCUT2D eigenvalue weighted by atomic mass is 79.9. The normalized spacial score (nSPS) is 18.2. The van der Waals surface area contributed by atoms with Crippen LogP contribution in [0, 0.1) is 36.3 Å². The predicted octanol–water partition coefficient (Wildman–Crippen LogP) is 5.88. The monoisotopic (exact) mass is 888 g/mol. The molecule has 0 aromatic heterocycles. The minimum Gasteiger partial charge on any atom is -0.490 e. The lowest BCUT2D eigenvalue weighted by Gasteiger charge is -2.29. The zero-order chi connectivity index (χ0) is 41.3. The van der Waals surface area contributed by atoms with Gasteiger partial charge in [0.1, 0.15) is 36.5 Å². The van der Waals surface area contributed by atoms with E-state index in [0.29, 0.717) is 110 Å². The van der Waals surface area contributed by atoms with Gasteiger partial charge in [-0.3, -0.25) is 14.8 Å². The summed E-state index contributed by atoms with van der Waals surface area (Å²) in [6.07, 6.45) is 13.7. The van der Waals surface area contributed by atoms with Gasteiger partial charge in [0.05, 0.1) is 75.0 Å². The molecule has 2 aromatic rings. The van der Waals surface area contributed by atoms with Crippen LogP contribution in [-0.2, 0) is 18.9 Å². The van der Waals surface area contributed by atoms with Crippen molar-refractivity contribution in [3.05, 3.63) is 48.0 Å². The summed E-state index contributed by atoms with van der Waals surface area (Å²) >= 11 is 13.0. The fraction of sp³-hybridized carbons (Fsp3) is 0.421. The number of hydrazone groups is 2. The number of cyclic esters (lactones) is 2. The largest absolute Gasteiger partial charge is 0.490 e. The summed E-state index contributed by atoms with van der Waals surface area (Å²) in [6, 6.07) is 9.35. The lowest BCUT2D eigenvalue weighted by molar-refractivity contribution is 0.136. The molecule has 0 radical (unpaired) electrons. The molecule has 0 unspecified atom stereocenters. The van der Waals surface area contributed by atoms with Gasteiger partial charge < -0.3 is 34.2 Å². The average Bonchev–Trinajstić information content (AvgIpc) is 3.80. The minimum atomic E-state index is -0.495. The molecule has 2 aromatic carbocycles. The van der Waals surface area contributed by atoms with E-state index in [9.17, 15) is 18.4 Å². The van der Waals surface area contributed by atoms with Crippen LogP contribution < -0.4 is 25.0 Å². The third-order valence-electron chi connectivity index (χ3n) is 8.71. The second kappa shape index (κ2) is 22.5. The summed E-state index contributed by atoms with van der Waals surface area (Å²) in [5.41, 5.74) is 4.54. The molecule has 4 aliphatic rings. The summed E-state index contributed by atoms with van der Waals surface area (Å²) in [6.45, 7) is 3.54. The van der Waals surface area contributed by atoms with E-state index >= 15 is 0 Å². The maximum Gasteiger partial charge on any atom is 0.414 e. The number of carbonyl (C=O) groups excluding carboxylic acids is 2. The Kier molecular flexibility index (Phi) is 17.5. The van der Waals surface area contributed by atoms with E-state index in [2.05, 4.69) is 43.4 Å². The number of halogens is 3. The number of benzene rings is 2. The standard InChI is InChI=1S/C19H21FN4O3S.C16H19FN4O3S.C3H3Br/c1-3-8-23-10-9-22(13-21-23)17-6-4-14(11-16(17)20)24-12-15(27-19(24)25)5-7-18(28)26-2;1-23-15(25)5-3-12-9-21(16(22)24-12)11-2-4-14(13(17)8-11)20-7-6-18-19-10-20;1-2-3-4/h1,4,6,11,13,15H,5,7-10,12H2,2H3;2,4,8,10,12,18H,3,5-7,9H2,1H3;1H,3H2/t15-;12-;/m00./s1. The molecule has 2 atom stereocenters. The summed E-state index contributed by atoms with van der Waals surface area (Å²) in [4.78, 5) is 30.5. The summed E-state index contributed by atoms with van der Waals surface area (Å²) in [5.74, 6) is 4.02. The van der Waals surface area contributed by atoms with Crippen molar-refractivity contribution in [1.82, 2.24) is 10.4 Å². The van der Waals surface area contributed by atoms with Crippen LogP contribution in [0.3, 0.4) is 0 Å². The SMILES string of the molecule is C#CCBr.C#CCN1CCN(c2ccc(N3C[C@H](CCC(=S)OC)OC3=O)cc2F)C=N1.COC(=S)CC[C@H]1CN(c2ccc(N3C=NNCC3)c(F)c2)C(=O)O1. The van der Waals surface area contributed by atoms with E-state index in [-0.39, 0.29) is 12.2 Å². The van der Waals surface area contributed by atoms with E-state index in [1.807, 2.05) is 0 Å². The Morgan fingerprint density at radius 1 is 0.860 bits per heavy atom. The molecule has 57 heavy (non-hydrogen) atoms. The third-order valence-corrected chi connectivity index (χ3v) is 9.77. The summed E-state index contributed by atoms with van der Waals surface area (Å²) in [7, 11) is 3.03. The molecule has 4 aliphatic heterocycles. The highest BCUT2D eigenvalue weighted by Crippen LogP contribution is 2.30. The first-order chi connectivity index (χ1) is 27.5. The molecule has 2 amide bonds. The Labute approximate surface area is 350 Å². The van der Waals surface area contributed by atoms with Gasteiger partial charge >= 0.3 is 12.2 Å². The first kappa shape index (κ1) is 44.5. The number of methoxy groups -OCH3 is 2. The van der Waals surface area contributed by atoms with Crippen LogP contribution >= 0.6 is 40.4 Å². The molecule has 0 bridgehead atoms. The van der Waals surface area contributed by atoms with Gasteiger partial charge in [-0.2, -0.15) is 10.2 Å². The number of nitrogens with zero attached hydrogens (tertiary/aromatic N) is 7. The Morgan fingerprint density at radius 3 is 1.75 bits per heavy atom. The number of alkyl halides is 1. The van der Waals surface area contributed by atoms with Crippen molar-refractivity contribution in [2.45, 2.75) is 37.9 Å². The van der Waals surface area contributed by atoms with Crippen LogP contribution in [0.2, 0.25) is 0 Å². The van der Waals surface area contributed by atoms with Crippen LogP contribution in [0.15, 0.2) is 46.6 Å². The molecule has 0 saturated carbocycles. The number of terminal acetylenes is 2. The van der Waals surface area contributed by atoms with E-state index in [4.69, 9.17) is 56.2 Å². The van der Waals surface area contributed by atoms with Gasteiger partial charge in [-0.25, -0.2) is 18.4 Å². The number of rotatable bonds is 11. The van der Waals surface area contributed by atoms with Crippen molar-refractivity contribution >= 4 is 98.1 Å². The number of thiocarbonyl (C=S) groups is 2. The molecule has 0 spiro atoms. The lowest BCUT2D eigenvalue weighted by Crippen LogP contribution is -2.38. The molecule has 2 fully saturated rings. The van der Waals surface area contributed by atoms with Crippen molar-refractivity contribution in [3.8, 4) is 24.7 Å². The number of nitrogens with one attached hydrogen (secondary N) is 1. The number of anilines is 4. The number of hydrogen-bond donors (Lipinski definition) is 1. The predicted molar refractivity (Wildman–Crippen MR) is 228 cm³/mol. The minimum absolute atomic E-state index is 0.288. The number of carbonyl (C=O) groups is 2. The van der Waals surface area contributed by atoms with Gasteiger partial charge in [0.25, 0.3) is 0 Å². The quantitative estimate of drug-likeness (QED) is 0.165. The second-order valence-electron chi connectivity index (χ2n) is 12.4. The molecule has 2 saturated heterocycles. The zero-order valence-electron chi connectivity index (χ0n) is 31.4. The van der Waals surface area contributed by atoms with Gasteiger partial charge in [0.15, 0.2) is 10.1 Å². The van der Waals surface area contributed by atoms with E-state index in [1.165, 1.54) is 36.2 Å². The molecule has 6 rings (SSSR count). The van der Waals surface area contributed by atoms with Crippen molar-refractivity contribution in [1.29, 1.82) is 0 Å². The Morgan fingerprint density at radius 2 is 1.37 bits per heavy atom. The zero-order valence-corrected chi connectivity index (χ0v) is 34.7. The number of amides is 2. The van der Waals surface area contributed by atoms with Gasteiger partial charge in [-0.15, -0.1) is 12.8 Å². The highest BCUT2D eigenvalue weighted by Gasteiger charge is 2.34. The molecule has 14 nitrogen and oxygen atoms in total. The molecule has 304 valence electrons. The molecule has 1 N–H and O–H groups in total.